The maximum absolute atomic E-state index is 13.1. The topological polar surface area (TPSA) is 72.3 Å². The molecule has 2 aliphatic rings. The molecule has 6 nitrogen and oxygen atoms in total. The quantitative estimate of drug-likeness (QED) is 0.465. The van der Waals surface area contributed by atoms with Gasteiger partial charge in [0.15, 0.2) is 0 Å². The summed E-state index contributed by atoms with van der Waals surface area (Å²) in [6.45, 7) is 7.05. The lowest BCUT2D eigenvalue weighted by atomic mass is 9.63. The number of hydrogen-bond acceptors (Lipinski definition) is 4. The first-order valence-corrected chi connectivity index (χ1v) is 11.2. The second-order valence-electron chi connectivity index (χ2n) is 9.79. The zero-order chi connectivity index (χ0) is 21.8. The first-order valence-electron chi connectivity index (χ1n) is 11.2. The molecule has 2 aliphatic carbocycles. The highest BCUT2D eigenvalue weighted by atomic mass is 16.5. The average molecular weight is 419 g/mol. The number of nitrogens with one attached hydrogen (secondary N) is 1. The van der Waals surface area contributed by atoms with Crippen molar-refractivity contribution in [2.24, 2.45) is 22.4 Å². The predicted molar refractivity (Wildman–Crippen MR) is 125 cm³/mol. The first-order chi connectivity index (χ1) is 14.9. The molecular formula is C25H30N4O2. The standard InChI is InChI=1S/C25H30N4O2/c1-15-10-16-6-5-9-25(2,3)20(16)11-17(15)13-27-29-14-26-22-19-8-7-18(31-4)12-21(19)28-23(22)24(29)30/h7-8,12-15,17,28H,5-6,9-11H2,1-4H3/b27-13-/t15-,17+/m1/s1. The summed E-state index contributed by atoms with van der Waals surface area (Å²) in [5, 5.41) is 5.48. The number of rotatable bonds is 3. The summed E-state index contributed by atoms with van der Waals surface area (Å²) in [5.74, 6) is 1.61. The third-order valence-corrected chi connectivity index (χ3v) is 7.34. The number of allylic oxidation sites excluding steroid dienone is 2. The van der Waals surface area contributed by atoms with E-state index in [2.05, 4.69) is 35.8 Å². The van der Waals surface area contributed by atoms with Gasteiger partial charge in [0.05, 0.1) is 12.6 Å². The molecule has 1 N–H and O–H groups in total. The molecule has 5 rings (SSSR count). The van der Waals surface area contributed by atoms with Crippen molar-refractivity contribution in [1.29, 1.82) is 0 Å². The fraction of sp³-hybridized carbons (Fsp3) is 0.480. The van der Waals surface area contributed by atoms with Crippen molar-refractivity contribution in [3.63, 3.8) is 0 Å². The number of hydrogen-bond donors (Lipinski definition) is 1. The Labute approximate surface area is 182 Å². The first kappa shape index (κ1) is 20.0. The van der Waals surface area contributed by atoms with Crippen LogP contribution >= 0.6 is 0 Å². The van der Waals surface area contributed by atoms with Gasteiger partial charge in [0.2, 0.25) is 0 Å². The van der Waals surface area contributed by atoms with E-state index in [-0.39, 0.29) is 11.0 Å². The van der Waals surface area contributed by atoms with Crippen LogP contribution in [0.5, 0.6) is 5.75 Å². The fourth-order valence-corrected chi connectivity index (χ4v) is 5.44. The van der Waals surface area contributed by atoms with Crippen LogP contribution in [0, 0.1) is 17.3 Å². The normalized spacial score (nSPS) is 23.6. The molecule has 0 unspecified atom stereocenters. The van der Waals surface area contributed by atoms with Gasteiger partial charge >= 0.3 is 0 Å². The average Bonchev–Trinajstić information content (AvgIpc) is 3.12. The van der Waals surface area contributed by atoms with E-state index in [4.69, 9.17) is 4.74 Å². The van der Waals surface area contributed by atoms with E-state index in [1.165, 1.54) is 30.3 Å². The Balaban J connectivity index is 1.47. The van der Waals surface area contributed by atoms with Crippen LogP contribution in [-0.4, -0.2) is 28.0 Å². The summed E-state index contributed by atoms with van der Waals surface area (Å²) in [6, 6.07) is 5.68. The number of H-pyrrole nitrogens is 1. The molecule has 31 heavy (non-hydrogen) atoms. The van der Waals surface area contributed by atoms with Gasteiger partial charge in [-0.15, -0.1) is 0 Å². The van der Waals surface area contributed by atoms with Crippen LogP contribution in [0.15, 0.2) is 45.6 Å². The molecule has 1 aromatic carbocycles. The second-order valence-corrected chi connectivity index (χ2v) is 9.79. The molecule has 0 radical (unpaired) electrons. The zero-order valence-corrected chi connectivity index (χ0v) is 18.7. The molecule has 0 aliphatic heterocycles. The summed E-state index contributed by atoms with van der Waals surface area (Å²) in [7, 11) is 1.63. The maximum atomic E-state index is 13.1. The number of aromatic amines is 1. The van der Waals surface area contributed by atoms with Crippen LogP contribution in [-0.2, 0) is 0 Å². The van der Waals surface area contributed by atoms with Gasteiger partial charge in [0.1, 0.15) is 23.1 Å². The molecule has 0 fully saturated rings. The number of ether oxygens (including phenoxy) is 1. The Morgan fingerprint density at radius 3 is 2.97 bits per heavy atom. The number of aromatic nitrogens is 3. The molecule has 0 bridgehead atoms. The van der Waals surface area contributed by atoms with E-state index in [9.17, 15) is 4.79 Å². The molecule has 0 spiro atoms. The molecule has 2 aromatic heterocycles. The van der Waals surface area contributed by atoms with Crippen molar-refractivity contribution in [2.45, 2.75) is 52.9 Å². The molecule has 0 amide bonds. The van der Waals surface area contributed by atoms with Gasteiger partial charge in [-0.25, -0.2) is 4.98 Å². The van der Waals surface area contributed by atoms with Crippen LogP contribution in [0.25, 0.3) is 21.9 Å². The van der Waals surface area contributed by atoms with Gasteiger partial charge in [-0.2, -0.15) is 9.78 Å². The maximum Gasteiger partial charge on any atom is 0.298 e. The lowest BCUT2D eigenvalue weighted by Crippen LogP contribution is -2.30. The molecule has 162 valence electrons. The molecule has 0 saturated heterocycles. The monoisotopic (exact) mass is 418 g/mol. The number of fused-ring (bicyclic) bond motifs is 3. The molecule has 6 heteroatoms. The Hall–Kier alpha value is -2.89. The fourth-order valence-electron chi connectivity index (χ4n) is 5.44. The van der Waals surface area contributed by atoms with Crippen LogP contribution in [0.4, 0.5) is 0 Å². The lowest BCUT2D eigenvalue weighted by molar-refractivity contribution is 0.295. The van der Waals surface area contributed by atoms with Crippen LogP contribution in [0.1, 0.15) is 52.9 Å². The van der Waals surface area contributed by atoms with Gasteiger partial charge in [-0.3, -0.25) is 4.79 Å². The van der Waals surface area contributed by atoms with E-state index >= 15 is 0 Å². The van der Waals surface area contributed by atoms with Crippen molar-refractivity contribution in [3.05, 3.63) is 46.0 Å². The Morgan fingerprint density at radius 2 is 2.16 bits per heavy atom. The van der Waals surface area contributed by atoms with Crippen molar-refractivity contribution < 1.29 is 4.74 Å². The van der Waals surface area contributed by atoms with E-state index in [0.29, 0.717) is 22.9 Å². The second kappa shape index (κ2) is 7.36. The lowest BCUT2D eigenvalue weighted by Gasteiger charge is -2.42. The molecule has 0 saturated carbocycles. The van der Waals surface area contributed by atoms with Crippen molar-refractivity contribution in [1.82, 2.24) is 14.6 Å². The highest BCUT2D eigenvalue weighted by Gasteiger charge is 2.36. The van der Waals surface area contributed by atoms with E-state index in [0.717, 1.165) is 29.5 Å². The van der Waals surface area contributed by atoms with Crippen LogP contribution < -0.4 is 10.3 Å². The number of methoxy groups -OCH3 is 1. The van der Waals surface area contributed by atoms with Crippen molar-refractivity contribution >= 4 is 28.2 Å². The summed E-state index contributed by atoms with van der Waals surface area (Å²) >= 11 is 0. The van der Waals surface area contributed by atoms with E-state index in [1.807, 2.05) is 24.4 Å². The summed E-state index contributed by atoms with van der Waals surface area (Å²) in [6.07, 6.45) is 9.50. The van der Waals surface area contributed by atoms with Crippen LogP contribution in [0.3, 0.4) is 0 Å². The molecular weight excluding hydrogens is 388 g/mol. The van der Waals surface area contributed by atoms with Crippen molar-refractivity contribution in [3.8, 4) is 5.75 Å². The third-order valence-electron chi connectivity index (χ3n) is 7.34. The largest absolute Gasteiger partial charge is 0.497 e. The van der Waals surface area contributed by atoms with Gasteiger partial charge in [-0.05, 0) is 55.6 Å². The molecule has 3 aromatic rings. The minimum Gasteiger partial charge on any atom is -0.497 e. The summed E-state index contributed by atoms with van der Waals surface area (Å²) in [4.78, 5) is 20.8. The smallest absolute Gasteiger partial charge is 0.298 e. The minimum atomic E-state index is -0.183. The number of benzene rings is 1. The zero-order valence-electron chi connectivity index (χ0n) is 18.7. The van der Waals surface area contributed by atoms with Gasteiger partial charge in [0, 0.05) is 23.6 Å². The minimum absolute atomic E-state index is 0.183. The Morgan fingerprint density at radius 1 is 1.32 bits per heavy atom. The Bertz CT molecular complexity index is 1280. The predicted octanol–water partition coefficient (Wildman–Crippen LogP) is 5.27. The van der Waals surface area contributed by atoms with Gasteiger partial charge in [0.25, 0.3) is 5.56 Å². The Kier molecular flexibility index (Phi) is 4.76. The van der Waals surface area contributed by atoms with Gasteiger partial charge < -0.3 is 9.72 Å². The number of nitrogens with zero attached hydrogens (tertiary/aromatic N) is 3. The van der Waals surface area contributed by atoms with E-state index < -0.39 is 0 Å². The highest BCUT2D eigenvalue weighted by molar-refractivity contribution is 6.04. The summed E-state index contributed by atoms with van der Waals surface area (Å²) in [5.41, 5.74) is 5.36. The molecule has 2 atom stereocenters. The van der Waals surface area contributed by atoms with Crippen molar-refractivity contribution in [2.75, 3.05) is 7.11 Å². The van der Waals surface area contributed by atoms with Gasteiger partial charge in [-0.1, -0.05) is 31.9 Å². The summed E-state index contributed by atoms with van der Waals surface area (Å²) < 4.78 is 6.65. The third kappa shape index (κ3) is 3.38. The van der Waals surface area contributed by atoms with Crippen LogP contribution in [0.2, 0.25) is 0 Å². The highest BCUT2D eigenvalue weighted by Crippen LogP contribution is 2.48. The molecule has 2 heterocycles. The SMILES string of the molecule is COc1ccc2c(c1)[nH]c1c(=O)n(/N=C\[C@@H]3CC4=C(CCCC4(C)C)C[C@H]3C)cnc12. The van der Waals surface area contributed by atoms with E-state index in [1.54, 1.807) is 18.3 Å².